The Kier molecular flexibility index (Phi) is 4.31. The van der Waals surface area contributed by atoms with Crippen LogP contribution in [0.15, 0.2) is 15.8 Å². The molecule has 1 aromatic rings. The van der Waals surface area contributed by atoms with Crippen molar-refractivity contribution in [2.75, 3.05) is 27.0 Å². The molecule has 0 amide bonds. The van der Waals surface area contributed by atoms with Gasteiger partial charge in [-0.25, -0.2) is 4.79 Å². The molecule has 2 aliphatic heterocycles. The smallest absolute Gasteiger partial charge is 0.330 e. The molecule has 2 unspecified atom stereocenters. The predicted molar refractivity (Wildman–Crippen MR) is 81.2 cm³/mol. The molecule has 0 saturated carbocycles. The van der Waals surface area contributed by atoms with Crippen LogP contribution in [0, 0.1) is 6.92 Å². The van der Waals surface area contributed by atoms with Gasteiger partial charge < -0.3 is 19.1 Å². The second kappa shape index (κ2) is 5.91. The van der Waals surface area contributed by atoms with Crippen molar-refractivity contribution >= 4 is 7.60 Å². The molecule has 1 aromatic heterocycles. The number of fused-ring (bicyclic) bond motifs is 2. The molecule has 11 heteroatoms. The summed E-state index contributed by atoms with van der Waals surface area (Å²) in [4.78, 5) is 35.4. The fourth-order valence-electron chi connectivity index (χ4n) is 3.11. The van der Waals surface area contributed by atoms with Gasteiger partial charge in [0.05, 0.1) is 13.2 Å². The van der Waals surface area contributed by atoms with Gasteiger partial charge in [0.25, 0.3) is 5.56 Å². The predicted octanol–water partition coefficient (Wildman–Crippen LogP) is -0.642. The van der Waals surface area contributed by atoms with Crippen LogP contribution < -0.4 is 11.2 Å². The number of aromatic amines is 1. The Balaban J connectivity index is 2.01. The van der Waals surface area contributed by atoms with Crippen LogP contribution in [0.5, 0.6) is 0 Å². The normalized spacial score (nSPS) is 34.4. The molecule has 0 aliphatic carbocycles. The van der Waals surface area contributed by atoms with Gasteiger partial charge in [0, 0.05) is 25.5 Å². The molecule has 2 saturated heterocycles. The number of hydrogen-bond donors (Lipinski definition) is 2. The van der Waals surface area contributed by atoms with Gasteiger partial charge in [-0.1, -0.05) is 0 Å². The van der Waals surface area contributed by atoms with Gasteiger partial charge in [-0.15, -0.1) is 0 Å². The fourth-order valence-corrected chi connectivity index (χ4v) is 3.84. The molecule has 0 spiro atoms. The molecule has 2 bridgehead atoms. The van der Waals surface area contributed by atoms with E-state index in [1.165, 1.54) is 17.9 Å². The fraction of sp³-hybridized carbons (Fsp3) is 0.692. The maximum Gasteiger partial charge on any atom is 0.330 e. The lowest BCUT2D eigenvalue weighted by Crippen LogP contribution is -2.46. The van der Waals surface area contributed by atoms with E-state index in [9.17, 15) is 19.0 Å². The second-order valence-electron chi connectivity index (χ2n) is 6.09. The van der Waals surface area contributed by atoms with Crippen LogP contribution in [0.4, 0.5) is 0 Å². The summed E-state index contributed by atoms with van der Waals surface area (Å²) in [6.07, 6.45) is -1.22. The van der Waals surface area contributed by atoms with Crippen LogP contribution in [0.1, 0.15) is 11.8 Å². The minimum Gasteiger partial charge on any atom is -0.381 e. The number of rotatable bonds is 5. The monoisotopic (exact) mass is 362 g/mol. The minimum absolute atomic E-state index is 0.0573. The Bertz CT molecular complexity index is 798. The molecule has 10 nitrogen and oxygen atoms in total. The first kappa shape index (κ1) is 17.5. The molecular formula is C13H19N2O8P. The van der Waals surface area contributed by atoms with Gasteiger partial charge in [0.1, 0.15) is 17.8 Å². The van der Waals surface area contributed by atoms with Crippen LogP contribution in [0.25, 0.3) is 0 Å². The van der Waals surface area contributed by atoms with Crippen LogP contribution in [0.3, 0.4) is 0 Å². The highest BCUT2D eigenvalue weighted by Gasteiger charge is 2.64. The number of aromatic nitrogens is 2. The summed E-state index contributed by atoms with van der Waals surface area (Å²) in [6.45, 7) is 2.78. The lowest BCUT2D eigenvalue weighted by molar-refractivity contribution is -0.190. The summed E-state index contributed by atoms with van der Waals surface area (Å²) in [6, 6.07) is 0. The number of nitrogens with one attached hydrogen (secondary N) is 1. The van der Waals surface area contributed by atoms with E-state index < -0.39 is 42.9 Å². The highest BCUT2D eigenvalue weighted by Crippen LogP contribution is 2.52. The quantitative estimate of drug-likeness (QED) is 0.662. The first-order valence-corrected chi connectivity index (χ1v) is 9.28. The Morgan fingerprint density at radius 2 is 2.25 bits per heavy atom. The SMILES string of the molecule is COC[C@@]12CO[C@H](C1OP(C)(=O)O)[C@H](n1cc(C)c(=O)[nH]c1=O)O2. The molecule has 3 rings (SSSR count). The van der Waals surface area contributed by atoms with Crippen molar-refractivity contribution in [3.05, 3.63) is 32.6 Å². The van der Waals surface area contributed by atoms with Crippen molar-refractivity contribution < 1.29 is 28.2 Å². The maximum absolute atomic E-state index is 12.1. The Hall–Kier alpha value is -1.29. The highest BCUT2D eigenvalue weighted by atomic mass is 31.2. The zero-order valence-electron chi connectivity index (χ0n) is 13.4. The number of hydrogen-bond acceptors (Lipinski definition) is 7. The summed E-state index contributed by atoms with van der Waals surface area (Å²) in [5.74, 6) is 0. The third-order valence-corrected chi connectivity index (χ3v) is 4.71. The van der Waals surface area contributed by atoms with Crippen molar-refractivity contribution in [3.63, 3.8) is 0 Å². The molecule has 2 fully saturated rings. The zero-order chi connectivity index (χ0) is 17.7. The summed E-state index contributed by atoms with van der Waals surface area (Å²) < 4.78 is 34.9. The molecular weight excluding hydrogens is 343 g/mol. The standard InChI is InChI=1S/C13H19N2O8P/c1-7-4-15(12(17)14-10(7)16)11-8-9(23-24(3,18)19)13(22-11,5-20-2)6-21-8/h4,8-9,11H,5-6H2,1-3H3,(H,18,19)(H,14,16,17)/t8-,9?,11-,13-/m1/s1. The van der Waals surface area contributed by atoms with Crippen molar-refractivity contribution in [2.24, 2.45) is 0 Å². The number of ether oxygens (including phenoxy) is 3. The van der Waals surface area contributed by atoms with E-state index in [2.05, 4.69) is 4.98 Å². The first-order valence-electron chi connectivity index (χ1n) is 7.26. The molecule has 134 valence electrons. The van der Waals surface area contributed by atoms with E-state index in [1.807, 2.05) is 0 Å². The van der Waals surface area contributed by atoms with E-state index in [0.717, 1.165) is 6.66 Å². The van der Waals surface area contributed by atoms with Gasteiger partial charge in [-0.3, -0.25) is 23.4 Å². The first-order chi connectivity index (χ1) is 11.2. The highest BCUT2D eigenvalue weighted by molar-refractivity contribution is 7.51. The molecule has 5 atom stereocenters. The number of H-pyrrole nitrogens is 1. The maximum atomic E-state index is 12.1. The van der Waals surface area contributed by atoms with Crippen LogP contribution in [0.2, 0.25) is 0 Å². The van der Waals surface area contributed by atoms with E-state index in [4.69, 9.17) is 18.7 Å². The average Bonchev–Trinajstić information content (AvgIpc) is 2.93. The lowest BCUT2D eigenvalue weighted by Gasteiger charge is -2.31. The zero-order valence-corrected chi connectivity index (χ0v) is 14.3. The minimum atomic E-state index is -3.82. The number of nitrogens with zero attached hydrogens (tertiary/aromatic N) is 1. The summed E-state index contributed by atoms with van der Waals surface area (Å²) in [7, 11) is -2.37. The van der Waals surface area contributed by atoms with Gasteiger partial charge in [0.15, 0.2) is 6.23 Å². The molecule has 0 radical (unpaired) electrons. The van der Waals surface area contributed by atoms with E-state index in [-0.39, 0.29) is 13.2 Å². The summed E-state index contributed by atoms with van der Waals surface area (Å²) in [5.41, 5.74) is -1.94. The van der Waals surface area contributed by atoms with Gasteiger partial charge in [0.2, 0.25) is 0 Å². The van der Waals surface area contributed by atoms with Crippen molar-refractivity contribution in [3.8, 4) is 0 Å². The molecule has 3 heterocycles. The summed E-state index contributed by atoms with van der Waals surface area (Å²) in [5, 5.41) is 0. The van der Waals surface area contributed by atoms with Crippen LogP contribution >= 0.6 is 7.60 Å². The van der Waals surface area contributed by atoms with Gasteiger partial charge in [-0.2, -0.15) is 0 Å². The van der Waals surface area contributed by atoms with Crippen molar-refractivity contribution in [2.45, 2.75) is 31.0 Å². The average molecular weight is 362 g/mol. The van der Waals surface area contributed by atoms with Crippen LogP contribution in [-0.2, 0) is 23.3 Å². The van der Waals surface area contributed by atoms with Crippen molar-refractivity contribution in [1.29, 1.82) is 0 Å². The Labute approximate surface area is 136 Å². The van der Waals surface area contributed by atoms with Gasteiger partial charge >= 0.3 is 13.3 Å². The second-order valence-corrected chi connectivity index (χ2v) is 7.91. The number of aryl methyl sites for hydroxylation is 1. The topological polar surface area (TPSA) is 129 Å². The van der Waals surface area contributed by atoms with E-state index >= 15 is 0 Å². The van der Waals surface area contributed by atoms with Gasteiger partial charge in [-0.05, 0) is 6.92 Å². The van der Waals surface area contributed by atoms with E-state index in [1.54, 1.807) is 6.92 Å². The Morgan fingerprint density at radius 3 is 2.88 bits per heavy atom. The third-order valence-electron chi connectivity index (χ3n) is 4.09. The summed E-state index contributed by atoms with van der Waals surface area (Å²) >= 11 is 0. The largest absolute Gasteiger partial charge is 0.381 e. The van der Waals surface area contributed by atoms with Crippen LogP contribution in [-0.4, -0.2) is 59.2 Å². The molecule has 2 aliphatic rings. The molecule has 2 N–H and O–H groups in total. The third kappa shape index (κ3) is 2.90. The Morgan fingerprint density at radius 1 is 1.54 bits per heavy atom. The lowest BCUT2D eigenvalue weighted by atomic mass is 10.0. The molecule has 0 aromatic carbocycles. The van der Waals surface area contributed by atoms with Crippen molar-refractivity contribution in [1.82, 2.24) is 9.55 Å². The van der Waals surface area contributed by atoms with E-state index in [0.29, 0.717) is 5.56 Å². The molecule has 24 heavy (non-hydrogen) atoms. The number of methoxy groups -OCH3 is 1.